The van der Waals surface area contributed by atoms with Gasteiger partial charge in [-0.05, 0) is 39.6 Å². The Morgan fingerprint density at radius 2 is 2.06 bits per heavy atom. The Balaban J connectivity index is 2.74. The number of likely N-dealkylation sites (N-methyl/N-ethyl adjacent to an activating group) is 1. The fourth-order valence-corrected chi connectivity index (χ4v) is 1.42. The highest BCUT2D eigenvalue weighted by molar-refractivity contribution is 5.53. The van der Waals surface area contributed by atoms with Crippen LogP contribution in [0.2, 0.25) is 0 Å². The van der Waals surface area contributed by atoms with Crippen molar-refractivity contribution < 1.29 is 4.92 Å². The zero-order valence-corrected chi connectivity index (χ0v) is 10.7. The van der Waals surface area contributed by atoms with Crippen molar-refractivity contribution in [3.63, 3.8) is 0 Å². The quantitative estimate of drug-likeness (QED) is 0.630. The second-order valence-corrected chi connectivity index (χ2v) is 4.51. The Morgan fingerprint density at radius 3 is 2.59 bits per heavy atom. The highest BCUT2D eigenvalue weighted by Gasteiger charge is 2.09. The van der Waals surface area contributed by atoms with Gasteiger partial charge in [-0.25, -0.2) is 0 Å². The van der Waals surface area contributed by atoms with E-state index in [0.717, 1.165) is 17.8 Å². The number of non-ortho nitro benzene ring substituents is 1. The summed E-state index contributed by atoms with van der Waals surface area (Å²) in [5.41, 5.74) is 1.81. The van der Waals surface area contributed by atoms with Gasteiger partial charge in [-0.15, -0.1) is 0 Å². The number of anilines is 1. The van der Waals surface area contributed by atoms with Crippen molar-refractivity contribution in [2.24, 2.45) is 0 Å². The number of aryl methyl sites for hydroxylation is 1. The normalized spacial score (nSPS) is 12.5. The second kappa shape index (κ2) is 5.63. The molecule has 5 nitrogen and oxygen atoms in total. The summed E-state index contributed by atoms with van der Waals surface area (Å²) in [7, 11) is 4.01. The van der Waals surface area contributed by atoms with Crippen LogP contribution in [-0.2, 0) is 0 Å². The average Bonchev–Trinajstić information content (AvgIpc) is 2.24. The maximum absolute atomic E-state index is 10.7. The van der Waals surface area contributed by atoms with Gasteiger partial charge in [0, 0.05) is 30.4 Å². The number of nitrogens with zero attached hydrogens (tertiary/aromatic N) is 2. The zero-order chi connectivity index (χ0) is 13.0. The third-order valence-electron chi connectivity index (χ3n) is 2.76. The summed E-state index contributed by atoms with van der Waals surface area (Å²) in [4.78, 5) is 12.4. The topological polar surface area (TPSA) is 58.4 Å². The molecule has 1 aromatic carbocycles. The van der Waals surface area contributed by atoms with Gasteiger partial charge in [0.1, 0.15) is 0 Å². The van der Waals surface area contributed by atoms with Crippen LogP contribution in [0.5, 0.6) is 0 Å². The largest absolute Gasteiger partial charge is 0.383 e. The van der Waals surface area contributed by atoms with E-state index in [1.807, 2.05) is 27.1 Å². The molecule has 0 radical (unpaired) electrons. The van der Waals surface area contributed by atoms with E-state index in [1.54, 1.807) is 12.1 Å². The molecule has 0 heterocycles. The summed E-state index contributed by atoms with van der Waals surface area (Å²) in [6, 6.07) is 5.42. The molecule has 0 aliphatic carbocycles. The van der Waals surface area contributed by atoms with Crippen molar-refractivity contribution in [1.82, 2.24) is 4.90 Å². The van der Waals surface area contributed by atoms with E-state index in [0.29, 0.717) is 6.04 Å². The lowest BCUT2D eigenvalue weighted by Crippen LogP contribution is -2.31. The van der Waals surface area contributed by atoms with Crippen LogP contribution in [0.4, 0.5) is 11.4 Å². The molecule has 0 amide bonds. The molecule has 0 aromatic heterocycles. The summed E-state index contributed by atoms with van der Waals surface area (Å²) in [5, 5.41) is 13.9. The first-order valence-corrected chi connectivity index (χ1v) is 5.56. The molecular weight excluding hydrogens is 218 g/mol. The molecule has 1 aromatic rings. The molecule has 0 bridgehead atoms. The van der Waals surface area contributed by atoms with Crippen LogP contribution in [0.25, 0.3) is 0 Å². The Bertz CT molecular complexity index is 405. The fourth-order valence-electron chi connectivity index (χ4n) is 1.42. The number of rotatable bonds is 5. The van der Waals surface area contributed by atoms with E-state index in [-0.39, 0.29) is 10.6 Å². The standard InChI is InChI=1S/C12H19N3O2/c1-9-5-11(7-12(6-9)15(16)17)13-8-10(2)14(3)4/h5-7,10,13H,8H2,1-4H3. The highest BCUT2D eigenvalue weighted by atomic mass is 16.6. The molecule has 1 N–H and O–H groups in total. The fraction of sp³-hybridized carbons (Fsp3) is 0.500. The number of nitro benzene ring substituents is 1. The van der Waals surface area contributed by atoms with Crippen molar-refractivity contribution in [2.75, 3.05) is 26.0 Å². The van der Waals surface area contributed by atoms with Crippen LogP contribution in [0.3, 0.4) is 0 Å². The third-order valence-corrected chi connectivity index (χ3v) is 2.76. The van der Waals surface area contributed by atoms with Crippen LogP contribution < -0.4 is 5.32 Å². The molecule has 1 unspecified atom stereocenters. The summed E-state index contributed by atoms with van der Waals surface area (Å²) in [6.45, 7) is 4.71. The first kappa shape index (κ1) is 13.4. The van der Waals surface area contributed by atoms with Crippen LogP contribution in [-0.4, -0.2) is 36.5 Å². The van der Waals surface area contributed by atoms with Gasteiger partial charge in [-0.1, -0.05) is 0 Å². The van der Waals surface area contributed by atoms with E-state index >= 15 is 0 Å². The smallest absolute Gasteiger partial charge is 0.271 e. The summed E-state index contributed by atoms with van der Waals surface area (Å²) in [5.74, 6) is 0. The zero-order valence-electron chi connectivity index (χ0n) is 10.7. The van der Waals surface area contributed by atoms with Gasteiger partial charge in [0.05, 0.1) is 4.92 Å². The summed E-state index contributed by atoms with van der Waals surface area (Å²) < 4.78 is 0. The molecule has 94 valence electrons. The lowest BCUT2D eigenvalue weighted by atomic mass is 10.2. The van der Waals surface area contributed by atoms with Crippen LogP contribution in [0.1, 0.15) is 12.5 Å². The average molecular weight is 237 g/mol. The highest BCUT2D eigenvalue weighted by Crippen LogP contribution is 2.20. The van der Waals surface area contributed by atoms with E-state index in [2.05, 4.69) is 17.1 Å². The predicted molar refractivity (Wildman–Crippen MR) is 69.5 cm³/mol. The molecule has 0 saturated carbocycles. The van der Waals surface area contributed by atoms with Crippen molar-refractivity contribution in [1.29, 1.82) is 0 Å². The number of nitro groups is 1. The van der Waals surface area contributed by atoms with Gasteiger partial charge in [0.25, 0.3) is 5.69 Å². The molecule has 0 aliphatic rings. The van der Waals surface area contributed by atoms with Crippen molar-refractivity contribution in [2.45, 2.75) is 19.9 Å². The Hall–Kier alpha value is -1.62. The van der Waals surface area contributed by atoms with Crippen molar-refractivity contribution in [3.8, 4) is 0 Å². The predicted octanol–water partition coefficient (Wildman–Crippen LogP) is 2.27. The Morgan fingerprint density at radius 1 is 1.41 bits per heavy atom. The number of benzene rings is 1. The van der Waals surface area contributed by atoms with Gasteiger partial charge in [0.15, 0.2) is 0 Å². The molecular formula is C12H19N3O2. The van der Waals surface area contributed by atoms with Gasteiger partial charge >= 0.3 is 0 Å². The van der Waals surface area contributed by atoms with Gasteiger partial charge in [-0.3, -0.25) is 10.1 Å². The van der Waals surface area contributed by atoms with Crippen LogP contribution in [0, 0.1) is 17.0 Å². The third kappa shape index (κ3) is 4.03. The minimum Gasteiger partial charge on any atom is -0.383 e. The molecule has 5 heteroatoms. The monoisotopic (exact) mass is 237 g/mol. The molecule has 0 aliphatic heterocycles. The second-order valence-electron chi connectivity index (χ2n) is 4.51. The lowest BCUT2D eigenvalue weighted by molar-refractivity contribution is -0.384. The summed E-state index contributed by atoms with van der Waals surface area (Å²) in [6.07, 6.45) is 0. The molecule has 0 saturated heterocycles. The molecule has 0 fully saturated rings. The van der Waals surface area contributed by atoms with Crippen molar-refractivity contribution >= 4 is 11.4 Å². The minimum atomic E-state index is -0.368. The number of hydrogen-bond acceptors (Lipinski definition) is 4. The first-order chi connectivity index (χ1) is 7.90. The molecule has 1 atom stereocenters. The van der Waals surface area contributed by atoms with E-state index in [1.165, 1.54) is 0 Å². The van der Waals surface area contributed by atoms with E-state index in [4.69, 9.17) is 0 Å². The van der Waals surface area contributed by atoms with Gasteiger partial charge in [0.2, 0.25) is 0 Å². The molecule has 17 heavy (non-hydrogen) atoms. The Kier molecular flexibility index (Phi) is 4.45. The van der Waals surface area contributed by atoms with Crippen LogP contribution in [0.15, 0.2) is 18.2 Å². The van der Waals surface area contributed by atoms with Crippen LogP contribution >= 0.6 is 0 Å². The van der Waals surface area contributed by atoms with E-state index in [9.17, 15) is 10.1 Å². The maximum atomic E-state index is 10.7. The molecule has 1 rings (SSSR count). The van der Waals surface area contributed by atoms with Gasteiger partial charge in [-0.2, -0.15) is 0 Å². The first-order valence-electron chi connectivity index (χ1n) is 5.56. The maximum Gasteiger partial charge on any atom is 0.271 e. The SMILES string of the molecule is Cc1cc(NCC(C)N(C)C)cc([N+](=O)[O-])c1. The lowest BCUT2D eigenvalue weighted by Gasteiger charge is -2.20. The summed E-state index contributed by atoms with van der Waals surface area (Å²) >= 11 is 0. The number of nitrogens with one attached hydrogen (secondary N) is 1. The minimum absolute atomic E-state index is 0.130. The van der Waals surface area contributed by atoms with Crippen molar-refractivity contribution in [3.05, 3.63) is 33.9 Å². The van der Waals surface area contributed by atoms with Gasteiger partial charge < -0.3 is 10.2 Å². The molecule has 0 spiro atoms. The van der Waals surface area contributed by atoms with E-state index < -0.39 is 0 Å². The Labute approximate surface area is 102 Å². The number of hydrogen-bond donors (Lipinski definition) is 1.